The van der Waals surface area contributed by atoms with Gasteiger partial charge in [0.05, 0.1) is 6.61 Å². The zero-order valence-electron chi connectivity index (χ0n) is 9.03. The smallest absolute Gasteiger partial charge is 0.127 e. The predicted molar refractivity (Wildman–Crippen MR) is 59.7 cm³/mol. The third kappa shape index (κ3) is 2.83. The van der Waals surface area contributed by atoms with Crippen molar-refractivity contribution >= 4 is 0 Å². The largest absolute Gasteiger partial charge is 0.486 e. The normalized spacial score (nSPS) is 19.8. The molecule has 1 unspecified atom stereocenters. The molecular formula is C13H15FO2. The van der Waals surface area contributed by atoms with Gasteiger partial charge in [0.2, 0.25) is 0 Å². The summed E-state index contributed by atoms with van der Waals surface area (Å²) in [4.78, 5) is 0. The average molecular weight is 222 g/mol. The highest BCUT2D eigenvalue weighted by molar-refractivity contribution is 5.29. The van der Waals surface area contributed by atoms with E-state index in [-0.39, 0.29) is 18.5 Å². The summed E-state index contributed by atoms with van der Waals surface area (Å²) < 4.78 is 18.8. The lowest BCUT2D eigenvalue weighted by molar-refractivity contribution is 0.227. The molecule has 0 amide bonds. The lowest BCUT2D eigenvalue weighted by Gasteiger charge is -2.18. The van der Waals surface area contributed by atoms with Crippen molar-refractivity contribution in [2.24, 2.45) is 0 Å². The Kier molecular flexibility index (Phi) is 3.57. The Balaban J connectivity index is 2.10. The van der Waals surface area contributed by atoms with Crippen molar-refractivity contribution in [3.63, 3.8) is 0 Å². The van der Waals surface area contributed by atoms with E-state index in [1.54, 1.807) is 6.07 Å². The minimum absolute atomic E-state index is 0.0297. The molecule has 0 bridgehead atoms. The van der Waals surface area contributed by atoms with E-state index in [9.17, 15) is 4.39 Å². The third-order valence-corrected chi connectivity index (χ3v) is 2.61. The van der Waals surface area contributed by atoms with Crippen molar-refractivity contribution in [1.82, 2.24) is 0 Å². The van der Waals surface area contributed by atoms with Gasteiger partial charge in [0.1, 0.15) is 17.7 Å². The maximum Gasteiger partial charge on any atom is 0.127 e. The molecule has 1 N–H and O–H groups in total. The zero-order chi connectivity index (χ0) is 11.4. The molecule has 0 spiro atoms. The number of aliphatic hydroxyl groups is 1. The van der Waals surface area contributed by atoms with Crippen molar-refractivity contribution in [3.8, 4) is 5.75 Å². The number of aliphatic hydroxyl groups excluding tert-OH is 1. The van der Waals surface area contributed by atoms with E-state index >= 15 is 0 Å². The number of rotatable bonds is 3. The molecule has 1 aliphatic carbocycles. The fourth-order valence-corrected chi connectivity index (χ4v) is 1.83. The first-order chi connectivity index (χ1) is 7.78. The predicted octanol–water partition coefficient (Wildman–Crippen LogP) is 2.81. The van der Waals surface area contributed by atoms with Crippen LogP contribution in [0.15, 0.2) is 30.4 Å². The fourth-order valence-electron chi connectivity index (χ4n) is 1.83. The quantitative estimate of drug-likeness (QED) is 0.797. The van der Waals surface area contributed by atoms with Crippen LogP contribution in [0.4, 0.5) is 4.39 Å². The number of hydrogen-bond donors (Lipinski definition) is 1. The standard InChI is InChI=1S/C13H15FO2/c14-11-6-10(9-15)7-13(8-11)16-12-4-2-1-3-5-12/h2,4,6-8,12,15H,1,3,5,9H2. The van der Waals surface area contributed by atoms with Gasteiger partial charge in [-0.15, -0.1) is 0 Å². The van der Waals surface area contributed by atoms with Gasteiger partial charge in [0.15, 0.2) is 0 Å². The molecule has 3 heteroatoms. The number of ether oxygens (including phenoxy) is 1. The molecule has 1 atom stereocenters. The zero-order valence-corrected chi connectivity index (χ0v) is 9.03. The molecule has 1 aliphatic rings. The van der Waals surface area contributed by atoms with E-state index < -0.39 is 0 Å². The van der Waals surface area contributed by atoms with Gasteiger partial charge in [-0.3, -0.25) is 0 Å². The number of benzene rings is 1. The molecule has 86 valence electrons. The molecule has 1 aromatic carbocycles. The van der Waals surface area contributed by atoms with Crippen LogP contribution in [-0.2, 0) is 6.61 Å². The van der Waals surface area contributed by atoms with E-state index in [0.717, 1.165) is 19.3 Å². The lowest BCUT2D eigenvalue weighted by Crippen LogP contribution is -2.15. The number of hydrogen-bond acceptors (Lipinski definition) is 2. The highest BCUT2D eigenvalue weighted by atomic mass is 19.1. The van der Waals surface area contributed by atoms with Crippen LogP contribution >= 0.6 is 0 Å². The molecule has 2 rings (SSSR count). The van der Waals surface area contributed by atoms with E-state index in [1.807, 2.05) is 6.08 Å². The van der Waals surface area contributed by atoms with Crippen LogP contribution in [-0.4, -0.2) is 11.2 Å². The van der Waals surface area contributed by atoms with E-state index in [4.69, 9.17) is 9.84 Å². The highest BCUT2D eigenvalue weighted by Gasteiger charge is 2.10. The van der Waals surface area contributed by atoms with Crippen LogP contribution in [0.5, 0.6) is 5.75 Å². The van der Waals surface area contributed by atoms with Gasteiger partial charge in [-0.2, -0.15) is 0 Å². The minimum atomic E-state index is -0.374. The molecule has 16 heavy (non-hydrogen) atoms. The Bertz CT molecular complexity index is 388. The van der Waals surface area contributed by atoms with Gasteiger partial charge >= 0.3 is 0 Å². The van der Waals surface area contributed by atoms with Crippen LogP contribution in [0.1, 0.15) is 24.8 Å². The summed E-state index contributed by atoms with van der Waals surface area (Å²) in [5.74, 6) is 0.113. The Morgan fingerprint density at radius 1 is 1.38 bits per heavy atom. The van der Waals surface area contributed by atoms with E-state index in [2.05, 4.69) is 6.08 Å². The van der Waals surface area contributed by atoms with Crippen molar-refractivity contribution in [3.05, 3.63) is 41.7 Å². The van der Waals surface area contributed by atoms with Gasteiger partial charge in [0, 0.05) is 6.07 Å². The second-order valence-corrected chi connectivity index (χ2v) is 3.97. The fraction of sp³-hybridized carbons (Fsp3) is 0.385. The molecule has 0 heterocycles. The van der Waals surface area contributed by atoms with Gasteiger partial charge in [-0.1, -0.05) is 6.08 Å². The molecule has 0 aromatic heterocycles. The summed E-state index contributed by atoms with van der Waals surface area (Å²) in [6.07, 6.45) is 7.27. The Morgan fingerprint density at radius 2 is 2.25 bits per heavy atom. The summed E-state index contributed by atoms with van der Waals surface area (Å²) in [6.45, 7) is -0.172. The van der Waals surface area contributed by atoms with Gasteiger partial charge in [-0.25, -0.2) is 4.39 Å². The van der Waals surface area contributed by atoms with Crippen LogP contribution in [0, 0.1) is 5.82 Å². The minimum Gasteiger partial charge on any atom is -0.486 e. The van der Waals surface area contributed by atoms with Crippen LogP contribution in [0.3, 0.4) is 0 Å². The van der Waals surface area contributed by atoms with E-state index in [0.29, 0.717) is 11.3 Å². The molecule has 0 fully saturated rings. The Labute approximate surface area is 94.4 Å². The molecule has 2 nitrogen and oxygen atoms in total. The van der Waals surface area contributed by atoms with Crippen LogP contribution in [0.25, 0.3) is 0 Å². The molecule has 0 saturated heterocycles. The summed E-state index contributed by atoms with van der Waals surface area (Å²) in [5, 5.41) is 8.96. The van der Waals surface area contributed by atoms with Crippen molar-refractivity contribution in [2.45, 2.75) is 32.0 Å². The Hall–Kier alpha value is -1.35. The van der Waals surface area contributed by atoms with Crippen molar-refractivity contribution < 1.29 is 14.2 Å². The van der Waals surface area contributed by atoms with Gasteiger partial charge in [0.25, 0.3) is 0 Å². The third-order valence-electron chi connectivity index (χ3n) is 2.61. The second-order valence-electron chi connectivity index (χ2n) is 3.97. The molecule has 0 radical (unpaired) electrons. The monoisotopic (exact) mass is 222 g/mol. The summed E-state index contributed by atoms with van der Waals surface area (Å²) >= 11 is 0. The molecule has 0 aliphatic heterocycles. The van der Waals surface area contributed by atoms with Crippen LogP contribution in [0.2, 0.25) is 0 Å². The van der Waals surface area contributed by atoms with E-state index in [1.165, 1.54) is 12.1 Å². The second kappa shape index (κ2) is 5.12. The Morgan fingerprint density at radius 3 is 2.94 bits per heavy atom. The summed E-state index contributed by atoms with van der Waals surface area (Å²) in [6, 6.07) is 4.33. The first kappa shape index (κ1) is 11.1. The summed E-state index contributed by atoms with van der Waals surface area (Å²) in [5.41, 5.74) is 0.537. The maximum absolute atomic E-state index is 13.2. The topological polar surface area (TPSA) is 29.5 Å². The van der Waals surface area contributed by atoms with Gasteiger partial charge in [-0.05, 0) is 43.0 Å². The average Bonchev–Trinajstić information content (AvgIpc) is 2.29. The lowest BCUT2D eigenvalue weighted by atomic mass is 10.1. The van der Waals surface area contributed by atoms with Crippen molar-refractivity contribution in [2.75, 3.05) is 0 Å². The summed E-state index contributed by atoms with van der Waals surface area (Å²) in [7, 11) is 0. The molecule has 1 aromatic rings. The first-order valence-corrected chi connectivity index (χ1v) is 5.51. The van der Waals surface area contributed by atoms with Crippen molar-refractivity contribution in [1.29, 1.82) is 0 Å². The molecule has 0 saturated carbocycles. The molecular weight excluding hydrogens is 207 g/mol. The van der Waals surface area contributed by atoms with Gasteiger partial charge < -0.3 is 9.84 Å². The highest BCUT2D eigenvalue weighted by Crippen LogP contribution is 2.21. The SMILES string of the molecule is OCc1cc(F)cc(OC2C=CCCC2)c1. The number of allylic oxidation sites excluding steroid dienone is 1. The maximum atomic E-state index is 13.2. The number of halogens is 1. The van der Waals surface area contributed by atoms with Crippen LogP contribution < -0.4 is 4.74 Å². The first-order valence-electron chi connectivity index (χ1n) is 5.51.